The van der Waals surface area contributed by atoms with Crippen molar-refractivity contribution < 1.29 is 0 Å². The first-order valence-corrected chi connectivity index (χ1v) is 6.76. The Hall–Kier alpha value is -1.43. The molecule has 108 valence electrons. The van der Waals surface area contributed by atoms with E-state index in [4.69, 9.17) is 5.73 Å². The number of hydrogen-bond acceptors (Lipinski definition) is 4. The molecule has 20 heavy (non-hydrogen) atoms. The summed E-state index contributed by atoms with van der Waals surface area (Å²) in [6.45, 7) is 2.89. The van der Waals surface area contributed by atoms with E-state index in [1.54, 1.807) is 4.80 Å². The molecule has 0 bridgehead atoms. The van der Waals surface area contributed by atoms with Crippen molar-refractivity contribution in [1.82, 2.24) is 19.9 Å². The molecule has 1 fully saturated rings. The molecule has 0 spiro atoms. The van der Waals surface area contributed by atoms with Gasteiger partial charge in [0.05, 0.1) is 17.6 Å². The van der Waals surface area contributed by atoms with Crippen molar-refractivity contribution in [2.24, 2.45) is 5.73 Å². The number of benzene rings is 1. The number of piperidine rings is 1. The van der Waals surface area contributed by atoms with Crippen molar-refractivity contribution in [3.8, 4) is 5.69 Å². The molecular formula is C14H20ClN5. The second-order valence-corrected chi connectivity index (χ2v) is 5.10. The van der Waals surface area contributed by atoms with Crippen LogP contribution in [-0.2, 0) is 6.54 Å². The zero-order valence-electron chi connectivity index (χ0n) is 11.4. The summed E-state index contributed by atoms with van der Waals surface area (Å²) in [6.07, 6.45) is 4.15. The van der Waals surface area contributed by atoms with Crippen molar-refractivity contribution in [1.29, 1.82) is 0 Å². The van der Waals surface area contributed by atoms with Crippen molar-refractivity contribution in [2.75, 3.05) is 13.1 Å². The van der Waals surface area contributed by atoms with Gasteiger partial charge in [0.2, 0.25) is 0 Å². The number of nitrogens with zero attached hydrogens (tertiary/aromatic N) is 4. The van der Waals surface area contributed by atoms with Crippen LogP contribution >= 0.6 is 12.4 Å². The SMILES string of the molecule is Cl.NC1CCCN(Cc2cnn(-c3ccccc3)n2)C1. The minimum atomic E-state index is 0. The molecule has 2 N–H and O–H groups in total. The Labute approximate surface area is 125 Å². The normalized spacial score (nSPS) is 19.6. The van der Waals surface area contributed by atoms with Gasteiger partial charge in [-0.25, -0.2) is 0 Å². The molecule has 0 aliphatic carbocycles. The maximum atomic E-state index is 5.99. The standard InChI is InChI=1S/C14H19N5.ClH/c15-12-5-4-8-18(10-12)11-13-9-16-19(17-13)14-6-2-1-3-7-14;/h1-3,6-7,9,12H,4-5,8,10-11,15H2;1H. The predicted molar refractivity (Wildman–Crippen MR) is 81.1 cm³/mol. The summed E-state index contributed by atoms with van der Waals surface area (Å²) in [7, 11) is 0. The van der Waals surface area contributed by atoms with Crippen LogP contribution in [0.1, 0.15) is 18.5 Å². The van der Waals surface area contributed by atoms with E-state index >= 15 is 0 Å². The Kier molecular flexibility index (Phi) is 5.11. The minimum Gasteiger partial charge on any atom is -0.327 e. The fraction of sp³-hybridized carbons (Fsp3) is 0.429. The molecule has 1 aliphatic rings. The molecule has 2 heterocycles. The minimum absolute atomic E-state index is 0. The highest BCUT2D eigenvalue weighted by atomic mass is 35.5. The summed E-state index contributed by atoms with van der Waals surface area (Å²) in [5.74, 6) is 0. The van der Waals surface area contributed by atoms with Gasteiger partial charge in [-0.3, -0.25) is 4.90 Å². The monoisotopic (exact) mass is 293 g/mol. The van der Waals surface area contributed by atoms with Gasteiger partial charge in [-0.15, -0.1) is 12.4 Å². The molecule has 0 saturated carbocycles. The van der Waals surface area contributed by atoms with Gasteiger partial charge in [0.25, 0.3) is 0 Å². The van der Waals surface area contributed by atoms with Crippen LogP contribution in [0.3, 0.4) is 0 Å². The second-order valence-electron chi connectivity index (χ2n) is 5.10. The third-order valence-electron chi connectivity index (χ3n) is 3.45. The number of halogens is 1. The predicted octanol–water partition coefficient (Wildman–Crippen LogP) is 1.61. The first-order chi connectivity index (χ1) is 9.31. The molecule has 1 saturated heterocycles. The van der Waals surface area contributed by atoms with E-state index in [2.05, 4.69) is 15.1 Å². The molecular weight excluding hydrogens is 274 g/mol. The maximum Gasteiger partial charge on any atom is 0.0971 e. The molecule has 1 unspecified atom stereocenters. The highest BCUT2D eigenvalue weighted by Gasteiger charge is 2.17. The third-order valence-corrected chi connectivity index (χ3v) is 3.45. The lowest BCUT2D eigenvalue weighted by Gasteiger charge is -2.29. The van der Waals surface area contributed by atoms with Crippen molar-refractivity contribution in [3.63, 3.8) is 0 Å². The topological polar surface area (TPSA) is 60.0 Å². The number of hydrogen-bond donors (Lipinski definition) is 1. The van der Waals surface area contributed by atoms with Gasteiger partial charge in [0.1, 0.15) is 0 Å². The lowest BCUT2D eigenvalue weighted by molar-refractivity contribution is 0.199. The van der Waals surface area contributed by atoms with Crippen LogP contribution in [0.15, 0.2) is 36.5 Å². The highest BCUT2D eigenvalue weighted by molar-refractivity contribution is 5.85. The lowest BCUT2D eigenvalue weighted by Crippen LogP contribution is -2.42. The first-order valence-electron chi connectivity index (χ1n) is 6.76. The van der Waals surface area contributed by atoms with E-state index in [0.29, 0.717) is 6.04 Å². The van der Waals surface area contributed by atoms with Gasteiger partial charge in [0.15, 0.2) is 0 Å². The Morgan fingerprint density at radius 2 is 2.05 bits per heavy atom. The molecule has 6 heteroatoms. The largest absolute Gasteiger partial charge is 0.327 e. The fourth-order valence-corrected chi connectivity index (χ4v) is 2.52. The molecule has 2 aromatic rings. The lowest BCUT2D eigenvalue weighted by atomic mass is 10.1. The Balaban J connectivity index is 0.00000147. The van der Waals surface area contributed by atoms with Crippen LogP contribution in [0.4, 0.5) is 0 Å². The van der Waals surface area contributed by atoms with Gasteiger partial charge in [0, 0.05) is 19.1 Å². The molecule has 0 amide bonds. The Morgan fingerprint density at radius 1 is 1.25 bits per heavy atom. The average Bonchev–Trinajstić information content (AvgIpc) is 2.88. The molecule has 1 atom stereocenters. The van der Waals surface area contributed by atoms with Crippen LogP contribution in [-0.4, -0.2) is 39.0 Å². The zero-order chi connectivity index (χ0) is 13.1. The van der Waals surface area contributed by atoms with Crippen molar-refractivity contribution in [3.05, 3.63) is 42.2 Å². The van der Waals surface area contributed by atoms with Crippen LogP contribution in [0.5, 0.6) is 0 Å². The van der Waals surface area contributed by atoms with Crippen molar-refractivity contribution >= 4 is 12.4 Å². The molecule has 1 aromatic carbocycles. The molecule has 5 nitrogen and oxygen atoms in total. The molecule has 3 rings (SSSR count). The van der Waals surface area contributed by atoms with E-state index < -0.39 is 0 Å². The van der Waals surface area contributed by atoms with Gasteiger partial charge >= 0.3 is 0 Å². The molecule has 0 radical (unpaired) electrons. The van der Waals surface area contributed by atoms with Crippen LogP contribution < -0.4 is 5.73 Å². The van der Waals surface area contributed by atoms with Gasteiger partial charge in [-0.05, 0) is 31.5 Å². The van der Waals surface area contributed by atoms with E-state index in [1.807, 2.05) is 36.5 Å². The highest BCUT2D eigenvalue weighted by Crippen LogP contribution is 2.11. The Bertz CT molecular complexity index is 527. The summed E-state index contributed by atoms with van der Waals surface area (Å²) >= 11 is 0. The molecule has 1 aliphatic heterocycles. The average molecular weight is 294 g/mol. The summed E-state index contributed by atoms with van der Waals surface area (Å²) in [5, 5.41) is 8.84. The van der Waals surface area contributed by atoms with Gasteiger partial charge in [-0.1, -0.05) is 18.2 Å². The first kappa shape index (κ1) is 15.0. The number of para-hydroxylation sites is 1. The van der Waals surface area contributed by atoms with E-state index in [-0.39, 0.29) is 12.4 Å². The van der Waals surface area contributed by atoms with E-state index in [0.717, 1.165) is 37.4 Å². The quantitative estimate of drug-likeness (QED) is 0.934. The number of rotatable bonds is 3. The van der Waals surface area contributed by atoms with Gasteiger partial charge < -0.3 is 5.73 Å². The van der Waals surface area contributed by atoms with Crippen LogP contribution in [0.2, 0.25) is 0 Å². The third kappa shape index (κ3) is 3.56. The van der Waals surface area contributed by atoms with E-state index in [9.17, 15) is 0 Å². The van der Waals surface area contributed by atoms with E-state index in [1.165, 1.54) is 6.42 Å². The number of nitrogens with two attached hydrogens (primary N) is 1. The summed E-state index contributed by atoms with van der Waals surface area (Å²) in [6, 6.07) is 10.3. The van der Waals surface area contributed by atoms with Crippen molar-refractivity contribution in [2.45, 2.75) is 25.4 Å². The summed E-state index contributed by atoms with van der Waals surface area (Å²) < 4.78 is 0. The number of aromatic nitrogens is 3. The summed E-state index contributed by atoms with van der Waals surface area (Å²) in [4.78, 5) is 4.03. The number of likely N-dealkylation sites (tertiary alicyclic amines) is 1. The van der Waals surface area contributed by atoms with Gasteiger partial charge in [-0.2, -0.15) is 15.0 Å². The summed E-state index contributed by atoms with van der Waals surface area (Å²) in [5.41, 5.74) is 7.98. The molecule has 1 aromatic heterocycles. The van der Waals surface area contributed by atoms with Crippen LogP contribution in [0, 0.1) is 0 Å². The maximum absolute atomic E-state index is 5.99. The smallest absolute Gasteiger partial charge is 0.0971 e. The van der Waals surface area contributed by atoms with Crippen LogP contribution in [0.25, 0.3) is 5.69 Å². The zero-order valence-corrected chi connectivity index (χ0v) is 12.2. The Morgan fingerprint density at radius 3 is 2.80 bits per heavy atom. The fourth-order valence-electron chi connectivity index (χ4n) is 2.52. The second kappa shape index (κ2) is 6.83.